The summed E-state index contributed by atoms with van der Waals surface area (Å²) < 4.78 is 1.81. The van der Waals surface area contributed by atoms with E-state index in [0.29, 0.717) is 22.4 Å². The van der Waals surface area contributed by atoms with E-state index in [1.54, 1.807) is 10.6 Å². The van der Waals surface area contributed by atoms with Crippen LogP contribution in [0.2, 0.25) is 5.02 Å². The average Bonchev–Trinajstić information content (AvgIpc) is 3.45. The Kier molecular flexibility index (Phi) is 6.66. The number of carbonyl (C=O) groups is 1. The molecule has 1 aromatic carbocycles. The van der Waals surface area contributed by atoms with E-state index in [0.717, 1.165) is 49.8 Å². The molecular formula is C21H25ClN6OS. The van der Waals surface area contributed by atoms with Crippen molar-refractivity contribution in [3.8, 4) is 5.13 Å². The Morgan fingerprint density at radius 2 is 1.83 bits per heavy atom. The fourth-order valence-electron chi connectivity index (χ4n) is 3.48. The molecular weight excluding hydrogens is 420 g/mol. The zero-order valence-corrected chi connectivity index (χ0v) is 18.5. The van der Waals surface area contributed by atoms with Crippen LogP contribution in [0.5, 0.6) is 0 Å². The summed E-state index contributed by atoms with van der Waals surface area (Å²) >= 11 is 7.43. The van der Waals surface area contributed by atoms with Gasteiger partial charge in [0.25, 0.3) is 5.91 Å². The molecule has 30 heavy (non-hydrogen) atoms. The fraction of sp³-hybridized carbons (Fsp3) is 0.381. The van der Waals surface area contributed by atoms with Crippen molar-refractivity contribution in [2.24, 2.45) is 0 Å². The molecule has 2 aromatic heterocycles. The summed E-state index contributed by atoms with van der Waals surface area (Å²) in [5, 5.41) is 14.0. The number of rotatable bonds is 7. The van der Waals surface area contributed by atoms with Crippen LogP contribution in [0.3, 0.4) is 0 Å². The first-order valence-corrected chi connectivity index (χ1v) is 11.3. The van der Waals surface area contributed by atoms with Crippen molar-refractivity contribution in [3.63, 3.8) is 0 Å². The number of hydrogen-bond acceptors (Lipinski definition) is 6. The third kappa shape index (κ3) is 4.83. The molecule has 0 aliphatic carbocycles. The molecule has 1 aliphatic heterocycles. The van der Waals surface area contributed by atoms with E-state index >= 15 is 0 Å². The number of nitrogens with zero attached hydrogens (tertiary/aromatic N) is 5. The number of carbonyl (C=O) groups excluding carboxylic acids is 1. The topological polar surface area (TPSA) is 66.3 Å². The van der Waals surface area contributed by atoms with E-state index in [-0.39, 0.29) is 5.91 Å². The zero-order valence-electron chi connectivity index (χ0n) is 16.9. The predicted molar refractivity (Wildman–Crippen MR) is 121 cm³/mol. The van der Waals surface area contributed by atoms with E-state index in [4.69, 9.17) is 11.6 Å². The molecule has 9 heteroatoms. The van der Waals surface area contributed by atoms with Gasteiger partial charge in [-0.3, -0.25) is 9.36 Å². The molecule has 1 saturated heterocycles. The maximum Gasteiger partial charge on any atom is 0.268 e. The van der Waals surface area contributed by atoms with Crippen molar-refractivity contribution < 1.29 is 4.79 Å². The number of amides is 1. The van der Waals surface area contributed by atoms with Crippen LogP contribution < -0.4 is 10.2 Å². The molecule has 4 rings (SSSR count). The minimum Gasteiger partial charge on any atom is -0.350 e. The van der Waals surface area contributed by atoms with Crippen LogP contribution in [-0.2, 0) is 6.42 Å². The second-order valence-electron chi connectivity index (χ2n) is 7.18. The number of anilines is 1. The van der Waals surface area contributed by atoms with Crippen LogP contribution in [0.15, 0.2) is 42.6 Å². The molecule has 0 radical (unpaired) electrons. The number of benzene rings is 1. The molecule has 0 bridgehead atoms. The van der Waals surface area contributed by atoms with Gasteiger partial charge in [-0.2, -0.15) is 0 Å². The minimum atomic E-state index is -0.123. The average molecular weight is 445 g/mol. The predicted octanol–water partition coefficient (Wildman–Crippen LogP) is 3.10. The Balaban J connectivity index is 1.37. The minimum absolute atomic E-state index is 0.123. The lowest BCUT2D eigenvalue weighted by Crippen LogP contribution is -2.46. The molecule has 7 nitrogen and oxygen atoms in total. The van der Waals surface area contributed by atoms with Gasteiger partial charge in [0.2, 0.25) is 10.3 Å². The summed E-state index contributed by atoms with van der Waals surface area (Å²) in [5.74, 6) is -0.123. The highest BCUT2D eigenvalue weighted by Gasteiger charge is 2.21. The molecule has 0 unspecified atom stereocenters. The Hall–Kier alpha value is -2.42. The van der Waals surface area contributed by atoms with Crippen molar-refractivity contribution >= 4 is 34.0 Å². The Morgan fingerprint density at radius 3 is 2.57 bits per heavy atom. The summed E-state index contributed by atoms with van der Waals surface area (Å²) in [4.78, 5) is 17.4. The Labute approximate surface area is 185 Å². The van der Waals surface area contributed by atoms with E-state index < -0.39 is 0 Å². The first-order valence-electron chi connectivity index (χ1n) is 10.1. The second-order valence-corrected chi connectivity index (χ2v) is 8.56. The molecule has 0 atom stereocenters. The number of hydrogen-bond donors (Lipinski definition) is 1. The van der Waals surface area contributed by atoms with Gasteiger partial charge in [-0.15, -0.1) is 10.2 Å². The van der Waals surface area contributed by atoms with Crippen LogP contribution in [0.25, 0.3) is 5.13 Å². The molecule has 0 spiro atoms. The first-order chi connectivity index (χ1) is 14.6. The van der Waals surface area contributed by atoms with Gasteiger partial charge in [0.15, 0.2) is 0 Å². The Morgan fingerprint density at radius 1 is 1.10 bits per heavy atom. The molecule has 3 aromatic rings. The normalized spacial score (nSPS) is 14.8. The standard InChI is InChI=1S/C21H25ClN6OS/c1-2-26-12-14-27(15-13-26)20-24-25-21(30-20)28-11-3-4-18(28)19(29)23-10-9-16-5-7-17(22)8-6-16/h3-8,11H,2,9-10,12-15H2,1H3,(H,23,29). The van der Waals surface area contributed by atoms with Gasteiger partial charge < -0.3 is 15.1 Å². The largest absolute Gasteiger partial charge is 0.350 e. The smallest absolute Gasteiger partial charge is 0.268 e. The molecule has 158 valence electrons. The SMILES string of the molecule is CCN1CCN(c2nnc(-n3cccc3C(=O)NCCc3ccc(Cl)cc3)s2)CC1. The van der Waals surface area contributed by atoms with Crippen LogP contribution in [-0.4, -0.2) is 64.8 Å². The first kappa shape index (κ1) is 20.8. The highest BCUT2D eigenvalue weighted by Crippen LogP contribution is 2.25. The van der Waals surface area contributed by atoms with Gasteiger partial charge in [0, 0.05) is 43.9 Å². The lowest BCUT2D eigenvalue weighted by atomic mass is 10.1. The van der Waals surface area contributed by atoms with Crippen molar-refractivity contribution in [3.05, 3.63) is 58.9 Å². The monoisotopic (exact) mass is 444 g/mol. The van der Waals surface area contributed by atoms with Gasteiger partial charge in [-0.25, -0.2) is 0 Å². The number of aromatic nitrogens is 3. The zero-order chi connectivity index (χ0) is 20.9. The van der Waals surface area contributed by atoms with E-state index in [2.05, 4.69) is 32.2 Å². The number of halogens is 1. The summed E-state index contributed by atoms with van der Waals surface area (Å²) in [6.45, 7) is 7.79. The van der Waals surface area contributed by atoms with E-state index in [9.17, 15) is 4.79 Å². The third-order valence-corrected chi connectivity index (χ3v) is 6.53. The molecule has 1 aliphatic rings. The van der Waals surface area contributed by atoms with Gasteiger partial charge in [0.1, 0.15) is 5.69 Å². The Bertz CT molecular complexity index is 978. The number of piperazine rings is 1. The van der Waals surface area contributed by atoms with Gasteiger partial charge in [-0.05, 0) is 42.8 Å². The van der Waals surface area contributed by atoms with Crippen LogP contribution in [0.1, 0.15) is 23.0 Å². The van der Waals surface area contributed by atoms with Crippen molar-refractivity contribution in [2.45, 2.75) is 13.3 Å². The maximum atomic E-state index is 12.7. The number of likely N-dealkylation sites (N-methyl/N-ethyl adjacent to an activating group) is 1. The lowest BCUT2D eigenvalue weighted by Gasteiger charge is -2.33. The van der Waals surface area contributed by atoms with Crippen molar-refractivity contribution in [2.75, 3.05) is 44.2 Å². The van der Waals surface area contributed by atoms with Crippen LogP contribution >= 0.6 is 22.9 Å². The van der Waals surface area contributed by atoms with E-state index in [1.165, 1.54) is 11.3 Å². The van der Waals surface area contributed by atoms with Gasteiger partial charge in [0.05, 0.1) is 0 Å². The highest BCUT2D eigenvalue weighted by molar-refractivity contribution is 7.17. The summed E-state index contributed by atoms with van der Waals surface area (Å²) in [6.07, 6.45) is 2.60. The lowest BCUT2D eigenvalue weighted by molar-refractivity contribution is 0.0947. The molecule has 3 heterocycles. The van der Waals surface area contributed by atoms with E-state index in [1.807, 2.05) is 36.5 Å². The maximum absolute atomic E-state index is 12.7. The summed E-state index contributed by atoms with van der Waals surface area (Å²) in [7, 11) is 0. The van der Waals surface area contributed by atoms with Crippen LogP contribution in [0, 0.1) is 0 Å². The molecule has 1 N–H and O–H groups in total. The molecule has 1 fully saturated rings. The highest BCUT2D eigenvalue weighted by atomic mass is 35.5. The number of nitrogens with one attached hydrogen (secondary N) is 1. The third-order valence-electron chi connectivity index (χ3n) is 5.29. The van der Waals surface area contributed by atoms with Crippen molar-refractivity contribution in [1.29, 1.82) is 0 Å². The quantitative estimate of drug-likeness (QED) is 0.606. The van der Waals surface area contributed by atoms with Crippen molar-refractivity contribution in [1.82, 2.24) is 25.0 Å². The van der Waals surface area contributed by atoms with Crippen LogP contribution in [0.4, 0.5) is 5.13 Å². The van der Waals surface area contributed by atoms with Gasteiger partial charge in [-0.1, -0.05) is 42.0 Å². The summed E-state index contributed by atoms with van der Waals surface area (Å²) in [6, 6.07) is 11.3. The second kappa shape index (κ2) is 9.59. The fourth-order valence-corrected chi connectivity index (χ4v) is 4.51. The van der Waals surface area contributed by atoms with Gasteiger partial charge >= 0.3 is 0 Å². The summed E-state index contributed by atoms with van der Waals surface area (Å²) in [5.41, 5.74) is 1.69. The molecule has 1 amide bonds. The molecule has 0 saturated carbocycles.